The maximum absolute atomic E-state index is 14.4. The van der Waals surface area contributed by atoms with Gasteiger partial charge in [0, 0.05) is 30.7 Å². The fourth-order valence-corrected chi connectivity index (χ4v) is 5.00. The van der Waals surface area contributed by atoms with Crippen LogP contribution in [0.3, 0.4) is 0 Å². The maximum Gasteiger partial charge on any atom is 0.435 e. The van der Waals surface area contributed by atoms with E-state index < -0.39 is 23.6 Å². The van der Waals surface area contributed by atoms with Crippen LogP contribution in [0.15, 0.2) is 18.2 Å². The molecule has 3 aliphatic rings. The number of aryl methyl sites for hydroxylation is 1. The molecule has 4 rings (SSSR count). The molecule has 2 aliphatic heterocycles. The number of carbonyl (C=O) groups is 1. The smallest absolute Gasteiger partial charge is 0.381 e. The summed E-state index contributed by atoms with van der Waals surface area (Å²) in [7, 11) is 0. The lowest BCUT2D eigenvalue weighted by Gasteiger charge is -2.36. The third kappa shape index (κ3) is 3.18. The van der Waals surface area contributed by atoms with Crippen molar-refractivity contribution in [3.63, 3.8) is 0 Å². The number of hydrogen-bond donors (Lipinski definition) is 0. The summed E-state index contributed by atoms with van der Waals surface area (Å²) < 4.78 is 98.1. The summed E-state index contributed by atoms with van der Waals surface area (Å²) in [5, 5.41) is 0. The molecule has 3 atom stereocenters. The quantitative estimate of drug-likeness (QED) is 0.629. The molecule has 2 fully saturated rings. The minimum atomic E-state index is -6.13. The molecule has 3 nitrogen and oxygen atoms in total. The number of likely N-dealkylation sites (tertiary alicyclic amines) is 1. The summed E-state index contributed by atoms with van der Waals surface area (Å²) in [6.07, 6.45) is -10.5. The number of hydrogen-bond acceptors (Lipinski definition) is 2. The largest absolute Gasteiger partial charge is 0.435 e. The van der Waals surface area contributed by atoms with Crippen molar-refractivity contribution in [2.45, 2.75) is 55.7 Å². The second-order valence-electron chi connectivity index (χ2n) is 8.16. The van der Waals surface area contributed by atoms with E-state index in [1.165, 1.54) is 6.07 Å². The lowest BCUT2D eigenvalue weighted by atomic mass is 9.77. The van der Waals surface area contributed by atoms with Crippen LogP contribution in [0.5, 0.6) is 0 Å². The Morgan fingerprint density at radius 2 is 1.70 bits per heavy atom. The number of benzene rings is 1. The van der Waals surface area contributed by atoms with Crippen molar-refractivity contribution in [2.24, 2.45) is 5.92 Å². The van der Waals surface area contributed by atoms with Crippen molar-refractivity contribution in [2.75, 3.05) is 19.8 Å². The van der Waals surface area contributed by atoms with Gasteiger partial charge in [-0.25, -0.2) is 4.39 Å². The minimum absolute atomic E-state index is 0.0167. The highest BCUT2D eigenvalue weighted by molar-refractivity contribution is 5.80. The normalized spacial score (nSPS) is 27.2. The maximum atomic E-state index is 14.4. The molecule has 0 saturated carbocycles. The van der Waals surface area contributed by atoms with E-state index >= 15 is 0 Å². The van der Waals surface area contributed by atoms with E-state index in [0.29, 0.717) is 56.7 Å². The van der Waals surface area contributed by atoms with Gasteiger partial charge in [0.15, 0.2) is 0 Å². The van der Waals surface area contributed by atoms with Crippen molar-refractivity contribution >= 4 is 5.91 Å². The molecule has 0 N–H and O–H groups in total. The first-order valence-electron chi connectivity index (χ1n) is 9.79. The van der Waals surface area contributed by atoms with Crippen LogP contribution in [0.25, 0.3) is 0 Å². The molecule has 1 aromatic rings. The van der Waals surface area contributed by atoms with E-state index in [-0.39, 0.29) is 35.8 Å². The highest BCUT2D eigenvalue weighted by Gasteiger charge is 2.73. The predicted molar refractivity (Wildman–Crippen MR) is 91.4 cm³/mol. The Labute approximate surface area is 168 Å². The monoisotopic (exact) mass is 439 g/mol. The van der Waals surface area contributed by atoms with Gasteiger partial charge >= 0.3 is 18.0 Å². The van der Waals surface area contributed by atoms with Crippen LogP contribution >= 0.6 is 0 Å². The Kier molecular flexibility index (Phi) is 5.06. The van der Waals surface area contributed by atoms with Gasteiger partial charge in [0.25, 0.3) is 0 Å². The van der Waals surface area contributed by atoms with Crippen LogP contribution in [0.2, 0.25) is 0 Å². The minimum Gasteiger partial charge on any atom is -0.381 e. The molecular weight excluding hydrogens is 419 g/mol. The predicted octanol–water partition coefficient (Wildman–Crippen LogP) is 4.64. The number of amides is 1. The van der Waals surface area contributed by atoms with Crippen LogP contribution in [-0.4, -0.2) is 49.0 Å². The Morgan fingerprint density at radius 3 is 2.30 bits per heavy atom. The number of rotatable bonds is 2. The second-order valence-corrected chi connectivity index (χ2v) is 8.16. The molecule has 0 radical (unpaired) electrons. The molecule has 2 heterocycles. The van der Waals surface area contributed by atoms with E-state index in [2.05, 4.69) is 0 Å². The molecule has 30 heavy (non-hydrogen) atoms. The molecule has 1 aromatic carbocycles. The molecule has 1 unspecified atom stereocenters. The third-order valence-corrected chi connectivity index (χ3v) is 6.54. The van der Waals surface area contributed by atoms with Crippen molar-refractivity contribution in [1.82, 2.24) is 4.90 Å². The van der Waals surface area contributed by atoms with Crippen molar-refractivity contribution in [1.29, 1.82) is 0 Å². The van der Waals surface area contributed by atoms with Gasteiger partial charge in [0.2, 0.25) is 5.91 Å². The first-order chi connectivity index (χ1) is 13.9. The number of halogens is 7. The van der Waals surface area contributed by atoms with E-state index in [9.17, 15) is 35.5 Å². The van der Waals surface area contributed by atoms with E-state index in [4.69, 9.17) is 4.74 Å². The number of ether oxygens (including phenoxy) is 1. The van der Waals surface area contributed by atoms with Gasteiger partial charge in [0.05, 0.1) is 12.5 Å². The zero-order valence-electron chi connectivity index (χ0n) is 15.8. The van der Waals surface area contributed by atoms with Crippen LogP contribution in [0.1, 0.15) is 41.9 Å². The lowest BCUT2D eigenvalue weighted by molar-refractivity contribution is -0.348. The summed E-state index contributed by atoms with van der Waals surface area (Å²) in [6.45, 7) is 1.36. The molecule has 1 amide bonds. The SMILES string of the molecule is O=C(C1CCOC1)N1CC[C@H]2c3ccc(C(F)(C(F)(F)F)C(F)(F)F)cc3CC[C@H]21. The van der Waals surface area contributed by atoms with E-state index in [0.717, 1.165) is 0 Å². The average Bonchev–Trinajstić information content (AvgIpc) is 3.34. The molecule has 1 aliphatic carbocycles. The molecule has 0 spiro atoms. The van der Waals surface area contributed by atoms with Gasteiger partial charge in [-0.05, 0) is 36.8 Å². The average molecular weight is 439 g/mol. The van der Waals surface area contributed by atoms with Crippen LogP contribution in [0, 0.1) is 5.92 Å². The van der Waals surface area contributed by atoms with Crippen molar-refractivity contribution in [3.05, 3.63) is 34.9 Å². The third-order valence-electron chi connectivity index (χ3n) is 6.54. The van der Waals surface area contributed by atoms with Gasteiger partial charge in [-0.15, -0.1) is 0 Å². The van der Waals surface area contributed by atoms with Crippen LogP contribution < -0.4 is 0 Å². The lowest BCUT2D eigenvalue weighted by Crippen LogP contribution is -2.50. The van der Waals surface area contributed by atoms with Crippen molar-refractivity contribution in [3.8, 4) is 0 Å². The fourth-order valence-electron chi connectivity index (χ4n) is 5.00. The number of carbonyl (C=O) groups excluding carboxylic acids is 1. The first kappa shape index (κ1) is 21.4. The van der Waals surface area contributed by atoms with Gasteiger partial charge < -0.3 is 9.64 Å². The molecule has 10 heteroatoms. The fraction of sp³-hybridized carbons (Fsp3) is 0.650. The van der Waals surface area contributed by atoms with E-state index in [1.54, 1.807) is 4.90 Å². The zero-order chi connectivity index (χ0) is 21.9. The van der Waals surface area contributed by atoms with E-state index in [1.807, 2.05) is 0 Å². The highest BCUT2D eigenvalue weighted by atomic mass is 19.4. The Bertz CT molecular complexity index is 815. The Hall–Kier alpha value is -1.84. The standard InChI is InChI=1S/C20H20F7NO2/c21-18(19(22,23)24,20(25,26)27)13-2-3-14-11(9-13)1-4-16-15(14)5-7-28(16)17(29)12-6-8-30-10-12/h2-3,9,12,15-16H,1,4-8,10H2/t12?,15-,16+/m0/s1. The number of fused-ring (bicyclic) bond motifs is 3. The summed E-state index contributed by atoms with van der Waals surface area (Å²) in [6, 6.07) is 2.29. The zero-order valence-corrected chi connectivity index (χ0v) is 15.8. The summed E-state index contributed by atoms with van der Waals surface area (Å²) in [5.74, 6) is -0.407. The van der Waals surface area contributed by atoms with Crippen LogP contribution in [0.4, 0.5) is 30.7 Å². The van der Waals surface area contributed by atoms with Crippen molar-refractivity contribution < 1.29 is 40.3 Å². The summed E-state index contributed by atoms with van der Waals surface area (Å²) in [5.41, 5.74) is -6.00. The van der Waals surface area contributed by atoms with Crippen LogP contribution in [-0.2, 0) is 21.6 Å². The Morgan fingerprint density at radius 1 is 1.00 bits per heavy atom. The van der Waals surface area contributed by atoms with Gasteiger partial charge in [-0.1, -0.05) is 18.2 Å². The molecule has 2 saturated heterocycles. The molecule has 0 bridgehead atoms. The summed E-state index contributed by atoms with van der Waals surface area (Å²) >= 11 is 0. The Balaban J connectivity index is 1.63. The van der Waals surface area contributed by atoms with Gasteiger partial charge in [-0.3, -0.25) is 4.79 Å². The van der Waals surface area contributed by atoms with Gasteiger partial charge in [0.1, 0.15) is 0 Å². The topological polar surface area (TPSA) is 29.5 Å². The first-order valence-corrected chi connectivity index (χ1v) is 9.79. The number of nitrogens with zero attached hydrogens (tertiary/aromatic N) is 1. The highest BCUT2D eigenvalue weighted by Crippen LogP contribution is 2.54. The summed E-state index contributed by atoms with van der Waals surface area (Å²) in [4.78, 5) is 14.5. The second kappa shape index (κ2) is 7.10. The van der Waals surface area contributed by atoms with Gasteiger partial charge in [-0.2, -0.15) is 26.3 Å². The molecular formula is C20H20F7NO2. The molecule has 0 aromatic heterocycles. The number of alkyl halides is 7. The molecule has 166 valence electrons.